The molecule has 2 aliphatic heterocycles. The van der Waals surface area contributed by atoms with Gasteiger partial charge in [-0.1, -0.05) is 23.2 Å². The van der Waals surface area contributed by atoms with Gasteiger partial charge in [-0.15, -0.1) is 22.7 Å². The third-order valence-electron chi connectivity index (χ3n) is 6.81. The summed E-state index contributed by atoms with van der Waals surface area (Å²) in [6.45, 7) is 0.477. The number of likely N-dealkylation sites (tertiary alicyclic amines) is 2. The molecule has 2 N–H and O–H groups in total. The zero-order valence-electron chi connectivity index (χ0n) is 21.4. The van der Waals surface area contributed by atoms with Gasteiger partial charge in [0, 0.05) is 47.5 Å². The molecule has 12 nitrogen and oxygen atoms in total. The van der Waals surface area contributed by atoms with Gasteiger partial charge in [-0.25, -0.2) is 26.5 Å². The van der Waals surface area contributed by atoms with Crippen LogP contribution >= 0.6 is 45.9 Å². The molecule has 0 aromatic carbocycles. The van der Waals surface area contributed by atoms with Gasteiger partial charge in [0.05, 0.1) is 10.9 Å². The zero-order valence-corrected chi connectivity index (χ0v) is 26.2. The van der Waals surface area contributed by atoms with Crippen LogP contribution in [0, 0.1) is 0 Å². The SMILES string of the molecule is O=C1[C@@H](NS(=O)(=O)/C=C/c2ccc(Cl)s2)CCCN1CC(=O)N1CCC[C@@H]1CNS(=O)(=O)c1c(Cl)nc2sccn12. The molecule has 2 fully saturated rings. The Bertz CT molecular complexity index is 1700. The van der Waals surface area contributed by atoms with Gasteiger partial charge in [0.25, 0.3) is 10.0 Å². The number of imidazole rings is 1. The Hall–Kier alpha value is -2.05. The summed E-state index contributed by atoms with van der Waals surface area (Å²) in [4.78, 5) is 34.4. The Kier molecular flexibility index (Phi) is 9.11. The highest BCUT2D eigenvalue weighted by Gasteiger charge is 2.36. The van der Waals surface area contributed by atoms with Gasteiger partial charge in [-0.2, -0.15) is 4.72 Å². The van der Waals surface area contributed by atoms with Crippen molar-refractivity contribution in [1.29, 1.82) is 0 Å². The van der Waals surface area contributed by atoms with Crippen LogP contribution in [0.25, 0.3) is 11.0 Å². The van der Waals surface area contributed by atoms with E-state index in [0.717, 1.165) is 5.41 Å². The molecule has 5 rings (SSSR count). The second kappa shape index (κ2) is 12.3. The van der Waals surface area contributed by atoms with Gasteiger partial charge in [0.1, 0.15) is 6.04 Å². The summed E-state index contributed by atoms with van der Waals surface area (Å²) < 4.78 is 58.1. The summed E-state index contributed by atoms with van der Waals surface area (Å²) in [7, 11) is -7.94. The molecule has 0 bridgehead atoms. The third-order valence-corrected chi connectivity index (χ3v) is 11.7. The lowest BCUT2D eigenvalue weighted by molar-refractivity contribution is -0.143. The van der Waals surface area contributed by atoms with Crippen molar-refractivity contribution in [3.63, 3.8) is 0 Å². The Morgan fingerprint density at radius 3 is 2.68 bits per heavy atom. The summed E-state index contributed by atoms with van der Waals surface area (Å²) in [6.07, 6.45) is 5.06. The first-order valence-electron chi connectivity index (χ1n) is 12.6. The van der Waals surface area contributed by atoms with Crippen molar-refractivity contribution in [2.24, 2.45) is 0 Å². The molecule has 222 valence electrons. The van der Waals surface area contributed by atoms with E-state index in [1.807, 2.05) is 0 Å². The predicted molar refractivity (Wildman–Crippen MR) is 158 cm³/mol. The number of amides is 2. The van der Waals surface area contributed by atoms with Crippen LogP contribution in [0.1, 0.15) is 30.6 Å². The van der Waals surface area contributed by atoms with E-state index in [1.165, 1.54) is 38.1 Å². The molecule has 0 spiro atoms. The van der Waals surface area contributed by atoms with Crippen LogP contribution in [0.3, 0.4) is 0 Å². The first-order chi connectivity index (χ1) is 19.4. The Morgan fingerprint density at radius 2 is 1.93 bits per heavy atom. The molecule has 2 atom stereocenters. The van der Waals surface area contributed by atoms with E-state index in [9.17, 15) is 26.4 Å². The first kappa shape index (κ1) is 30.4. The van der Waals surface area contributed by atoms with Crippen LogP contribution < -0.4 is 9.44 Å². The maximum atomic E-state index is 13.2. The smallest absolute Gasteiger partial charge is 0.259 e. The van der Waals surface area contributed by atoms with Gasteiger partial charge in [0.15, 0.2) is 15.1 Å². The minimum atomic E-state index is -4.02. The molecular weight excluding hydrogens is 655 g/mol. The lowest BCUT2D eigenvalue weighted by Gasteiger charge is -2.34. The molecule has 2 aliphatic rings. The first-order valence-corrected chi connectivity index (χ1v) is 18.1. The Morgan fingerprint density at radius 1 is 1.15 bits per heavy atom. The van der Waals surface area contributed by atoms with E-state index in [-0.39, 0.29) is 29.2 Å². The highest BCUT2D eigenvalue weighted by Crippen LogP contribution is 2.26. The van der Waals surface area contributed by atoms with E-state index in [2.05, 4.69) is 14.4 Å². The van der Waals surface area contributed by atoms with Crippen molar-refractivity contribution in [3.8, 4) is 0 Å². The van der Waals surface area contributed by atoms with E-state index in [1.54, 1.807) is 28.6 Å². The normalized spacial score (nSPS) is 20.6. The summed E-state index contributed by atoms with van der Waals surface area (Å²) in [5, 5.41) is 2.39. The molecule has 2 amide bonds. The number of rotatable bonds is 10. The summed E-state index contributed by atoms with van der Waals surface area (Å²) in [6, 6.07) is 1.94. The standard InChI is InChI=1S/C23H26Cl2N6O6S4/c24-18-6-5-16(39-18)7-12-40(34,35)28-17-4-2-8-29(21(17)33)14-19(32)30-9-1-3-15(30)13-26-41(36,37)22-20(25)27-23-31(22)10-11-38-23/h5-7,10-12,15,17,26,28H,1-4,8-9,13-14H2/b12-7+/t15-,17+/m1/s1. The van der Waals surface area contributed by atoms with Gasteiger partial charge in [-0.3, -0.25) is 14.0 Å². The fourth-order valence-corrected chi connectivity index (χ4v) is 9.49. The van der Waals surface area contributed by atoms with E-state index in [4.69, 9.17) is 23.2 Å². The number of piperidine rings is 1. The fourth-order valence-electron chi connectivity index (χ4n) is 4.90. The van der Waals surface area contributed by atoms with Gasteiger partial charge >= 0.3 is 0 Å². The predicted octanol–water partition coefficient (Wildman–Crippen LogP) is 2.61. The fraction of sp³-hybridized carbons (Fsp3) is 0.435. The highest BCUT2D eigenvalue weighted by atomic mass is 35.5. The van der Waals surface area contributed by atoms with Crippen molar-refractivity contribution in [2.45, 2.75) is 42.8 Å². The average molecular weight is 682 g/mol. The summed E-state index contributed by atoms with van der Waals surface area (Å²) in [5.74, 6) is -0.812. The van der Waals surface area contributed by atoms with Crippen LogP contribution in [0.4, 0.5) is 0 Å². The maximum absolute atomic E-state index is 13.2. The number of nitrogens with zero attached hydrogens (tertiary/aromatic N) is 4. The van der Waals surface area contributed by atoms with Crippen LogP contribution in [-0.2, 0) is 29.6 Å². The molecule has 18 heteroatoms. The number of sulfonamides is 2. The van der Waals surface area contributed by atoms with E-state index >= 15 is 0 Å². The molecule has 2 saturated heterocycles. The summed E-state index contributed by atoms with van der Waals surface area (Å²) in [5.41, 5.74) is 0. The van der Waals surface area contributed by atoms with Crippen LogP contribution in [0.2, 0.25) is 9.49 Å². The van der Waals surface area contributed by atoms with Crippen molar-refractivity contribution < 1.29 is 26.4 Å². The van der Waals surface area contributed by atoms with E-state index in [0.29, 0.717) is 52.9 Å². The third kappa shape index (κ3) is 6.96. The number of thiophene rings is 1. The minimum absolute atomic E-state index is 0.0278. The minimum Gasteiger partial charge on any atom is -0.337 e. The molecule has 41 heavy (non-hydrogen) atoms. The van der Waals surface area contributed by atoms with Crippen molar-refractivity contribution >= 4 is 88.8 Å². The Labute approximate surface area is 255 Å². The largest absolute Gasteiger partial charge is 0.337 e. The lowest BCUT2D eigenvalue weighted by Crippen LogP contribution is -2.55. The molecule has 0 aliphatic carbocycles. The molecule has 0 radical (unpaired) electrons. The van der Waals surface area contributed by atoms with Crippen molar-refractivity contribution in [3.05, 3.63) is 43.5 Å². The zero-order chi connectivity index (χ0) is 29.4. The van der Waals surface area contributed by atoms with Gasteiger partial charge < -0.3 is 9.80 Å². The van der Waals surface area contributed by atoms with Crippen LogP contribution in [-0.4, -0.2) is 86.1 Å². The summed E-state index contributed by atoms with van der Waals surface area (Å²) >= 11 is 14.4. The number of hydrogen-bond donors (Lipinski definition) is 2. The van der Waals surface area contributed by atoms with Crippen LogP contribution in [0.15, 0.2) is 34.1 Å². The number of halogens is 2. The topological polar surface area (TPSA) is 150 Å². The lowest BCUT2D eigenvalue weighted by atomic mass is 10.1. The molecular formula is C23H26Cl2N6O6S4. The number of hydrogen-bond acceptors (Lipinski definition) is 9. The number of thiazole rings is 1. The number of carbonyl (C=O) groups excluding carboxylic acids is 2. The number of aromatic nitrogens is 2. The molecule has 0 saturated carbocycles. The van der Waals surface area contributed by atoms with Crippen molar-refractivity contribution in [1.82, 2.24) is 28.6 Å². The number of nitrogens with one attached hydrogen (secondary N) is 2. The molecule has 0 unspecified atom stereocenters. The number of fused-ring (bicyclic) bond motifs is 1. The average Bonchev–Trinajstić information content (AvgIpc) is 3.69. The van der Waals surface area contributed by atoms with Crippen molar-refractivity contribution in [2.75, 3.05) is 26.2 Å². The number of carbonyl (C=O) groups is 2. The van der Waals surface area contributed by atoms with E-state index < -0.39 is 38.0 Å². The molecule has 3 aromatic rings. The second-order valence-electron chi connectivity index (χ2n) is 9.56. The highest BCUT2D eigenvalue weighted by molar-refractivity contribution is 7.92. The Balaban J connectivity index is 1.18. The maximum Gasteiger partial charge on any atom is 0.259 e. The van der Waals surface area contributed by atoms with Gasteiger partial charge in [-0.05, 0) is 43.9 Å². The monoisotopic (exact) mass is 680 g/mol. The second-order valence-corrected chi connectivity index (χ2v) is 15.8. The quantitative estimate of drug-likeness (QED) is 0.334. The molecule has 5 heterocycles. The molecule has 3 aromatic heterocycles. The van der Waals surface area contributed by atoms with Crippen LogP contribution in [0.5, 0.6) is 0 Å². The van der Waals surface area contributed by atoms with Gasteiger partial charge in [0.2, 0.25) is 21.8 Å².